The number of carbonyl (C=O) groups is 1. The normalized spacial score (nSPS) is 20.8. The highest BCUT2D eigenvalue weighted by molar-refractivity contribution is 7.90. The second kappa shape index (κ2) is 10.1. The number of carbonyl (C=O) groups excluding carboxylic acids is 1. The maximum atomic E-state index is 14.6. The molecule has 35 heavy (non-hydrogen) atoms. The molecule has 2 aliphatic heterocycles. The molecule has 2 aromatic rings. The Kier molecular flexibility index (Phi) is 7.37. The van der Waals surface area contributed by atoms with E-state index in [1.807, 2.05) is 4.90 Å². The van der Waals surface area contributed by atoms with Crippen molar-refractivity contribution in [3.8, 4) is 0 Å². The van der Waals surface area contributed by atoms with Gasteiger partial charge in [-0.3, -0.25) is 4.79 Å². The number of likely N-dealkylation sites (tertiary alicyclic amines) is 1. The van der Waals surface area contributed by atoms with Gasteiger partial charge in [-0.2, -0.15) is 0 Å². The number of sulfone groups is 1. The molecule has 0 saturated carbocycles. The van der Waals surface area contributed by atoms with Crippen LogP contribution in [0.4, 0.5) is 14.7 Å². The summed E-state index contributed by atoms with van der Waals surface area (Å²) in [7, 11) is -3.88. The quantitative estimate of drug-likeness (QED) is 0.640. The van der Waals surface area contributed by atoms with E-state index in [0.717, 1.165) is 31.6 Å². The Bertz CT molecular complexity index is 1180. The first kappa shape index (κ1) is 25.4. The van der Waals surface area contributed by atoms with Crippen molar-refractivity contribution in [2.75, 3.05) is 30.8 Å². The molecule has 2 saturated heterocycles. The number of aromatic nitrogens is 2. The van der Waals surface area contributed by atoms with Gasteiger partial charge in [0.1, 0.15) is 16.5 Å². The number of amides is 1. The van der Waals surface area contributed by atoms with E-state index in [9.17, 15) is 27.1 Å². The number of rotatable bonds is 6. The third-order valence-corrected chi connectivity index (χ3v) is 7.99. The average molecular weight is 509 g/mol. The molecule has 1 aromatic heterocycles. The Morgan fingerprint density at radius 1 is 1.09 bits per heavy atom. The van der Waals surface area contributed by atoms with E-state index < -0.39 is 38.4 Å². The predicted octanol–water partition coefficient (Wildman–Crippen LogP) is 2.66. The molecule has 1 amide bonds. The number of benzene rings is 1. The molecule has 11 heteroatoms. The second-order valence-corrected chi connectivity index (χ2v) is 11.4. The van der Waals surface area contributed by atoms with Crippen LogP contribution in [0.25, 0.3) is 0 Å². The fourth-order valence-corrected chi connectivity index (χ4v) is 5.62. The Labute approximate surface area is 203 Å². The standard InChI is InChI=1S/C24H30F2N4O4S/c1-15(31)18-13-27-24(28-14-18)29-8-5-19(6-9-29)30-7-3-4-16(23(30)32)10-17-11-21(26)22(12-20(17)25)35(2,33)34/h11-16,19,31H,3-10H2,1-2H3/t15?,16-/m1/s1. The smallest absolute Gasteiger partial charge is 0.226 e. The molecule has 2 atom stereocenters. The zero-order chi connectivity index (χ0) is 25.3. The summed E-state index contributed by atoms with van der Waals surface area (Å²) >= 11 is 0. The lowest BCUT2D eigenvalue weighted by atomic mass is 9.88. The van der Waals surface area contributed by atoms with Gasteiger partial charge in [0.2, 0.25) is 11.9 Å². The minimum Gasteiger partial charge on any atom is -0.389 e. The van der Waals surface area contributed by atoms with Crippen molar-refractivity contribution in [1.29, 1.82) is 0 Å². The van der Waals surface area contributed by atoms with Crippen LogP contribution < -0.4 is 4.90 Å². The highest BCUT2D eigenvalue weighted by atomic mass is 32.2. The number of aliphatic hydroxyl groups excluding tert-OH is 1. The molecule has 0 aliphatic carbocycles. The molecule has 4 rings (SSSR count). The molecule has 190 valence electrons. The molecule has 0 spiro atoms. The maximum absolute atomic E-state index is 14.6. The van der Waals surface area contributed by atoms with Crippen molar-refractivity contribution < 1.29 is 27.1 Å². The number of anilines is 1. The molecule has 1 N–H and O–H groups in total. The van der Waals surface area contributed by atoms with Gasteiger partial charge in [0.05, 0.1) is 6.10 Å². The summed E-state index contributed by atoms with van der Waals surface area (Å²) < 4.78 is 52.2. The van der Waals surface area contributed by atoms with Gasteiger partial charge in [0.15, 0.2) is 9.84 Å². The summed E-state index contributed by atoms with van der Waals surface area (Å²) in [6.45, 7) is 3.64. The highest BCUT2D eigenvalue weighted by Crippen LogP contribution is 2.30. The van der Waals surface area contributed by atoms with E-state index in [1.54, 1.807) is 19.3 Å². The van der Waals surface area contributed by atoms with Crippen molar-refractivity contribution in [3.63, 3.8) is 0 Å². The fourth-order valence-electron chi connectivity index (χ4n) is 4.89. The maximum Gasteiger partial charge on any atom is 0.226 e. The minimum atomic E-state index is -3.88. The molecule has 2 fully saturated rings. The molecule has 0 bridgehead atoms. The van der Waals surface area contributed by atoms with E-state index in [4.69, 9.17) is 0 Å². The zero-order valence-electron chi connectivity index (χ0n) is 19.8. The van der Waals surface area contributed by atoms with Gasteiger partial charge in [0, 0.05) is 55.8 Å². The lowest BCUT2D eigenvalue weighted by molar-refractivity contribution is -0.141. The SMILES string of the molecule is CC(O)c1cnc(N2CCC(N3CCC[C@H](Cc4cc(F)c(S(C)(=O)=O)cc4F)C3=O)CC2)nc1. The van der Waals surface area contributed by atoms with Gasteiger partial charge in [-0.1, -0.05) is 0 Å². The number of piperidine rings is 2. The van der Waals surface area contributed by atoms with Crippen molar-refractivity contribution >= 4 is 21.7 Å². The molecular formula is C24H30F2N4O4S. The summed E-state index contributed by atoms with van der Waals surface area (Å²) in [5.74, 6) is -1.77. The molecular weight excluding hydrogens is 478 g/mol. The topological polar surface area (TPSA) is 104 Å². The predicted molar refractivity (Wildman–Crippen MR) is 126 cm³/mol. The Morgan fingerprint density at radius 3 is 2.34 bits per heavy atom. The van der Waals surface area contributed by atoms with Crippen LogP contribution in [0.15, 0.2) is 29.4 Å². The lowest BCUT2D eigenvalue weighted by Crippen LogP contribution is -2.52. The number of aliphatic hydroxyl groups is 1. The first-order chi connectivity index (χ1) is 16.5. The van der Waals surface area contributed by atoms with Crippen LogP contribution in [0.1, 0.15) is 49.8 Å². The van der Waals surface area contributed by atoms with Crippen LogP contribution in [0.2, 0.25) is 0 Å². The number of hydrogen-bond donors (Lipinski definition) is 1. The largest absolute Gasteiger partial charge is 0.389 e. The summed E-state index contributed by atoms with van der Waals surface area (Å²) in [6, 6.07) is 1.66. The Hall–Kier alpha value is -2.66. The minimum absolute atomic E-state index is 0.0164. The second-order valence-electron chi connectivity index (χ2n) is 9.43. The van der Waals surface area contributed by atoms with E-state index in [-0.39, 0.29) is 23.9 Å². The van der Waals surface area contributed by atoms with E-state index in [1.165, 1.54) is 0 Å². The zero-order valence-corrected chi connectivity index (χ0v) is 20.6. The monoisotopic (exact) mass is 508 g/mol. The Morgan fingerprint density at radius 2 is 1.74 bits per heavy atom. The average Bonchev–Trinajstić information content (AvgIpc) is 2.82. The first-order valence-electron chi connectivity index (χ1n) is 11.8. The van der Waals surface area contributed by atoms with Crippen LogP contribution in [-0.4, -0.2) is 66.2 Å². The number of hydrogen-bond acceptors (Lipinski definition) is 7. The van der Waals surface area contributed by atoms with Gasteiger partial charge in [-0.15, -0.1) is 0 Å². The molecule has 8 nitrogen and oxygen atoms in total. The number of nitrogens with zero attached hydrogens (tertiary/aromatic N) is 4. The molecule has 1 unspecified atom stereocenters. The van der Waals surface area contributed by atoms with Crippen molar-refractivity contribution in [3.05, 3.63) is 47.3 Å². The summed E-state index contributed by atoms with van der Waals surface area (Å²) in [4.78, 5) is 25.2. The van der Waals surface area contributed by atoms with Crippen molar-refractivity contribution in [2.45, 2.75) is 56.1 Å². The van der Waals surface area contributed by atoms with Gasteiger partial charge < -0.3 is 14.9 Å². The highest BCUT2D eigenvalue weighted by Gasteiger charge is 2.35. The van der Waals surface area contributed by atoms with Gasteiger partial charge in [-0.25, -0.2) is 27.2 Å². The fraction of sp³-hybridized carbons (Fsp3) is 0.542. The van der Waals surface area contributed by atoms with Crippen LogP contribution in [0.3, 0.4) is 0 Å². The van der Waals surface area contributed by atoms with Crippen LogP contribution >= 0.6 is 0 Å². The summed E-state index contributed by atoms with van der Waals surface area (Å²) in [6.07, 6.45) is 6.29. The Balaban J connectivity index is 1.40. The van der Waals surface area contributed by atoms with Crippen LogP contribution in [0, 0.1) is 17.6 Å². The third-order valence-electron chi connectivity index (χ3n) is 6.88. The van der Waals surface area contributed by atoms with Gasteiger partial charge in [-0.05, 0) is 56.7 Å². The number of halogens is 2. The van der Waals surface area contributed by atoms with Gasteiger partial charge >= 0.3 is 0 Å². The summed E-state index contributed by atoms with van der Waals surface area (Å²) in [5, 5.41) is 9.62. The first-order valence-corrected chi connectivity index (χ1v) is 13.7. The van der Waals surface area contributed by atoms with Crippen LogP contribution in [0.5, 0.6) is 0 Å². The van der Waals surface area contributed by atoms with E-state index in [0.29, 0.717) is 43.6 Å². The van der Waals surface area contributed by atoms with Crippen LogP contribution in [-0.2, 0) is 21.1 Å². The van der Waals surface area contributed by atoms with E-state index in [2.05, 4.69) is 14.9 Å². The lowest BCUT2D eigenvalue weighted by Gasteiger charge is -2.42. The molecule has 3 heterocycles. The van der Waals surface area contributed by atoms with Crippen molar-refractivity contribution in [2.24, 2.45) is 5.92 Å². The molecule has 1 aromatic carbocycles. The van der Waals surface area contributed by atoms with Gasteiger partial charge in [0.25, 0.3) is 0 Å². The van der Waals surface area contributed by atoms with E-state index >= 15 is 0 Å². The molecule has 0 radical (unpaired) electrons. The third kappa shape index (κ3) is 5.61. The summed E-state index contributed by atoms with van der Waals surface area (Å²) in [5.41, 5.74) is 0.665. The molecule has 2 aliphatic rings. The van der Waals surface area contributed by atoms with Crippen molar-refractivity contribution in [1.82, 2.24) is 14.9 Å².